The molecule has 3 aromatic rings. The third-order valence-electron chi connectivity index (χ3n) is 7.56. The Hall–Kier alpha value is -3.92. The van der Waals surface area contributed by atoms with Crippen LogP contribution in [0.3, 0.4) is 0 Å². The van der Waals surface area contributed by atoms with Crippen LogP contribution in [0, 0.1) is 5.82 Å². The van der Waals surface area contributed by atoms with Crippen molar-refractivity contribution in [3.05, 3.63) is 90.2 Å². The van der Waals surface area contributed by atoms with Gasteiger partial charge in [0, 0.05) is 18.7 Å². The molecule has 0 unspecified atom stereocenters. The highest BCUT2D eigenvalue weighted by molar-refractivity contribution is 7.92. The molecule has 8 nitrogen and oxygen atoms in total. The van der Waals surface area contributed by atoms with Gasteiger partial charge in [-0.15, -0.1) is 0 Å². The maximum absolute atomic E-state index is 14.2. The summed E-state index contributed by atoms with van der Waals surface area (Å²) in [6, 6.07) is 19.2. The fraction of sp³-hybridized carbons (Fsp3) is 0.375. The van der Waals surface area contributed by atoms with Crippen molar-refractivity contribution in [2.45, 2.75) is 69.0 Å². The molecule has 1 fully saturated rings. The maximum Gasteiger partial charge on any atom is 0.264 e. The van der Waals surface area contributed by atoms with E-state index >= 15 is 0 Å². The van der Waals surface area contributed by atoms with Gasteiger partial charge in [-0.25, -0.2) is 12.8 Å². The van der Waals surface area contributed by atoms with E-state index in [9.17, 15) is 22.4 Å². The third-order valence-corrected chi connectivity index (χ3v) is 9.34. The van der Waals surface area contributed by atoms with Crippen LogP contribution in [0.2, 0.25) is 0 Å². The highest BCUT2D eigenvalue weighted by Gasteiger charge is 2.34. The number of carbonyl (C=O) groups is 2. The second-order valence-corrected chi connectivity index (χ2v) is 12.3. The van der Waals surface area contributed by atoms with Crippen LogP contribution in [0.15, 0.2) is 83.8 Å². The van der Waals surface area contributed by atoms with Crippen molar-refractivity contribution in [3.8, 4) is 5.75 Å². The molecule has 1 N–H and O–H groups in total. The number of halogens is 1. The van der Waals surface area contributed by atoms with Gasteiger partial charge in [0.1, 0.15) is 24.2 Å². The number of hydrogen-bond donors (Lipinski definition) is 1. The van der Waals surface area contributed by atoms with Gasteiger partial charge in [-0.1, -0.05) is 62.6 Å². The summed E-state index contributed by atoms with van der Waals surface area (Å²) in [7, 11) is -2.71. The van der Waals surface area contributed by atoms with Gasteiger partial charge in [0.05, 0.1) is 17.7 Å². The van der Waals surface area contributed by atoms with Gasteiger partial charge >= 0.3 is 0 Å². The van der Waals surface area contributed by atoms with E-state index in [2.05, 4.69) is 5.32 Å². The molecule has 1 aliphatic carbocycles. The summed E-state index contributed by atoms with van der Waals surface area (Å²) in [6.45, 7) is 1.27. The van der Waals surface area contributed by atoms with Crippen molar-refractivity contribution in [1.29, 1.82) is 0 Å². The zero-order valence-electron chi connectivity index (χ0n) is 24.0. The number of methoxy groups -OCH3 is 1. The standard InChI is InChI=1S/C32H38FN3O5S/c1-3-30(32(38)34-26-11-6-4-7-12-26)35(22-24-17-19-25(33)20-18-24)31(37)23-36(27-13-10-14-28(21-27)41-2)42(39,40)29-15-8-5-9-16-29/h5,8-10,13-21,26,30H,3-4,6-7,11-12,22-23H2,1-2H3,(H,34,38)/t30-/m1/s1. The number of sulfonamides is 1. The van der Waals surface area contributed by atoms with Crippen molar-refractivity contribution in [1.82, 2.24) is 10.2 Å². The van der Waals surface area contributed by atoms with E-state index in [1.807, 2.05) is 6.92 Å². The summed E-state index contributed by atoms with van der Waals surface area (Å²) in [5, 5.41) is 3.12. The summed E-state index contributed by atoms with van der Waals surface area (Å²) in [5.41, 5.74) is 0.862. The minimum absolute atomic E-state index is 0.00699. The molecule has 0 spiro atoms. The normalized spacial score (nSPS) is 14.5. The van der Waals surface area contributed by atoms with Gasteiger partial charge in [0.2, 0.25) is 11.8 Å². The molecule has 0 aliphatic heterocycles. The number of ether oxygens (including phenoxy) is 1. The quantitative estimate of drug-likeness (QED) is 0.307. The van der Waals surface area contributed by atoms with E-state index in [4.69, 9.17) is 4.74 Å². The van der Waals surface area contributed by atoms with E-state index < -0.39 is 34.3 Å². The van der Waals surface area contributed by atoms with Crippen molar-refractivity contribution >= 4 is 27.5 Å². The van der Waals surface area contributed by atoms with Gasteiger partial charge in [-0.2, -0.15) is 0 Å². The lowest BCUT2D eigenvalue weighted by Crippen LogP contribution is -2.54. The SMILES string of the molecule is CC[C@H](C(=O)NC1CCCCC1)N(Cc1ccc(F)cc1)C(=O)CN(c1cccc(OC)c1)S(=O)(=O)c1ccccc1. The molecule has 4 rings (SSSR count). The average Bonchev–Trinajstić information content (AvgIpc) is 3.01. The van der Waals surface area contributed by atoms with Crippen molar-refractivity contribution in [2.75, 3.05) is 18.0 Å². The predicted molar refractivity (Wildman–Crippen MR) is 160 cm³/mol. The minimum atomic E-state index is -4.18. The van der Waals surface area contributed by atoms with Gasteiger partial charge in [-0.3, -0.25) is 13.9 Å². The zero-order valence-corrected chi connectivity index (χ0v) is 24.9. The van der Waals surface area contributed by atoms with Crippen molar-refractivity contribution < 1.29 is 27.1 Å². The molecule has 0 aromatic heterocycles. The Labute approximate surface area is 247 Å². The molecule has 0 radical (unpaired) electrons. The number of rotatable bonds is 12. The lowest BCUT2D eigenvalue weighted by Gasteiger charge is -2.34. The first-order valence-corrected chi connectivity index (χ1v) is 15.7. The minimum Gasteiger partial charge on any atom is -0.497 e. The number of nitrogens with zero attached hydrogens (tertiary/aromatic N) is 2. The van der Waals surface area contributed by atoms with Gasteiger partial charge in [0.25, 0.3) is 10.0 Å². The molecule has 1 saturated carbocycles. The molecule has 3 aromatic carbocycles. The lowest BCUT2D eigenvalue weighted by atomic mass is 9.95. The molecule has 0 bridgehead atoms. The lowest BCUT2D eigenvalue weighted by molar-refractivity contribution is -0.140. The summed E-state index contributed by atoms with van der Waals surface area (Å²) in [6.07, 6.45) is 5.28. The van der Waals surface area contributed by atoms with E-state index in [1.54, 1.807) is 54.6 Å². The molecule has 2 amide bonds. The van der Waals surface area contributed by atoms with Crippen LogP contribution in [-0.4, -0.2) is 50.9 Å². The van der Waals surface area contributed by atoms with Crippen LogP contribution >= 0.6 is 0 Å². The summed E-state index contributed by atoms with van der Waals surface area (Å²) in [4.78, 5) is 29.2. The Morgan fingerprint density at radius 1 is 0.976 bits per heavy atom. The van der Waals surface area contributed by atoms with E-state index in [0.717, 1.165) is 36.4 Å². The first kappa shape index (κ1) is 31.0. The van der Waals surface area contributed by atoms with E-state index in [-0.39, 0.29) is 29.1 Å². The Morgan fingerprint density at radius 3 is 2.31 bits per heavy atom. The second-order valence-electron chi connectivity index (χ2n) is 10.4. The topological polar surface area (TPSA) is 96.0 Å². The average molecular weight is 596 g/mol. The number of hydrogen-bond acceptors (Lipinski definition) is 5. The summed E-state index contributed by atoms with van der Waals surface area (Å²) in [5.74, 6) is -0.836. The van der Waals surface area contributed by atoms with Gasteiger partial charge < -0.3 is 15.0 Å². The monoisotopic (exact) mass is 595 g/mol. The van der Waals surface area contributed by atoms with Crippen molar-refractivity contribution in [2.24, 2.45) is 0 Å². The molecule has 0 saturated heterocycles. The fourth-order valence-electron chi connectivity index (χ4n) is 5.26. The van der Waals surface area contributed by atoms with Crippen LogP contribution in [0.25, 0.3) is 0 Å². The second kappa shape index (κ2) is 14.3. The molecule has 1 atom stereocenters. The van der Waals surface area contributed by atoms with E-state index in [0.29, 0.717) is 17.7 Å². The Balaban J connectivity index is 1.70. The zero-order chi connectivity index (χ0) is 30.1. The molecule has 0 heterocycles. The number of carbonyl (C=O) groups excluding carboxylic acids is 2. The maximum atomic E-state index is 14.2. The number of nitrogens with one attached hydrogen (secondary N) is 1. The first-order chi connectivity index (χ1) is 20.2. The Bertz CT molecular complexity index is 1440. The smallest absolute Gasteiger partial charge is 0.264 e. The van der Waals surface area contributed by atoms with Crippen molar-refractivity contribution in [3.63, 3.8) is 0 Å². The summed E-state index contributed by atoms with van der Waals surface area (Å²) >= 11 is 0. The largest absolute Gasteiger partial charge is 0.497 e. The summed E-state index contributed by atoms with van der Waals surface area (Å²) < 4.78 is 47.9. The van der Waals surface area contributed by atoms with Gasteiger partial charge in [0.15, 0.2) is 0 Å². The molecule has 42 heavy (non-hydrogen) atoms. The number of benzene rings is 3. The van der Waals surface area contributed by atoms with Crippen LogP contribution < -0.4 is 14.4 Å². The first-order valence-electron chi connectivity index (χ1n) is 14.3. The molecule has 1 aliphatic rings. The van der Waals surface area contributed by atoms with Crippen LogP contribution in [0.1, 0.15) is 51.0 Å². The van der Waals surface area contributed by atoms with Crippen LogP contribution in [0.4, 0.5) is 10.1 Å². The number of amides is 2. The predicted octanol–water partition coefficient (Wildman–Crippen LogP) is 5.29. The number of anilines is 1. The molecule has 224 valence electrons. The fourth-order valence-corrected chi connectivity index (χ4v) is 6.69. The third kappa shape index (κ3) is 7.67. The van der Waals surface area contributed by atoms with Crippen LogP contribution in [0.5, 0.6) is 5.75 Å². The Kier molecular flexibility index (Phi) is 10.6. The highest BCUT2D eigenvalue weighted by Crippen LogP contribution is 2.28. The molecule has 10 heteroatoms. The van der Waals surface area contributed by atoms with E-state index in [1.165, 1.54) is 36.3 Å². The molecular weight excluding hydrogens is 557 g/mol. The Morgan fingerprint density at radius 2 is 1.67 bits per heavy atom. The van der Waals surface area contributed by atoms with Gasteiger partial charge in [-0.05, 0) is 61.2 Å². The molecular formula is C32H38FN3O5S. The highest BCUT2D eigenvalue weighted by atomic mass is 32.2. The van der Waals surface area contributed by atoms with Crippen LogP contribution in [-0.2, 0) is 26.2 Å².